The highest BCUT2D eigenvalue weighted by molar-refractivity contribution is 5.21. The second-order valence-corrected chi connectivity index (χ2v) is 4.70. The number of aliphatic hydroxyl groups is 1. The summed E-state index contributed by atoms with van der Waals surface area (Å²) in [6.07, 6.45) is 1.14. The number of nitrogens with zero attached hydrogens (tertiary/aromatic N) is 1. The minimum atomic E-state index is 0.110. The monoisotopic (exact) mass is 251 g/mol. The fourth-order valence-electron chi connectivity index (χ4n) is 1.91. The van der Waals surface area contributed by atoms with Gasteiger partial charge in [0, 0.05) is 26.2 Å². The quantitative estimate of drug-likeness (QED) is 0.770. The van der Waals surface area contributed by atoms with Crippen LogP contribution in [0.2, 0.25) is 0 Å². The van der Waals surface area contributed by atoms with Crippen molar-refractivity contribution in [2.75, 3.05) is 20.3 Å². The van der Waals surface area contributed by atoms with Gasteiger partial charge in [0.05, 0.1) is 13.2 Å². The van der Waals surface area contributed by atoms with Gasteiger partial charge in [-0.2, -0.15) is 0 Å². The number of ether oxygens (including phenoxy) is 1. The smallest absolute Gasteiger partial charge is 0.0681 e. The van der Waals surface area contributed by atoms with Crippen molar-refractivity contribution in [2.24, 2.45) is 0 Å². The van der Waals surface area contributed by atoms with E-state index >= 15 is 0 Å². The Morgan fingerprint density at radius 1 is 1.22 bits per heavy atom. The molecule has 0 heterocycles. The normalized spacial score (nSPS) is 12.9. The van der Waals surface area contributed by atoms with Gasteiger partial charge in [0.1, 0.15) is 0 Å². The van der Waals surface area contributed by atoms with Crippen LogP contribution in [0.3, 0.4) is 0 Å². The Bertz CT molecular complexity index is 324. The van der Waals surface area contributed by atoms with Crippen LogP contribution in [0.25, 0.3) is 0 Å². The van der Waals surface area contributed by atoms with Gasteiger partial charge < -0.3 is 9.84 Å². The van der Waals surface area contributed by atoms with Crippen molar-refractivity contribution in [2.45, 2.75) is 39.5 Å². The Hall–Kier alpha value is -0.900. The first-order valence-electron chi connectivity index (χ1n) is 6.62. The van der Waals surface area contributed by atoms with E-state index in [2.05, 4.69) is 30.9 Å². The van der Waals surface area contributed by atoms with E-state index in [1.54, 1.807) is 7.11 Å². The summed E-state index contributed by atoms with van der Waals surface area (Å²) in [4.78, 5) is 2.43. The molecule has 102 valence electrons. The zero-order valence-electron chi connectivity index (χ0n) is 11.7. The average molecular weight is 251 g/mol. The fraction of sp³-hybridized carbons (Fsp3) is 0.600. The molecule has 1 aromatic rings. The molecule has 0 bridgehead atoms. The van der Waals surface area contributed by atoms with E-state index in [9.17, 15) is 0 Å². The number of rotatable bonds is 8. The van der Waals surface area contributed by atoms with Crippen LogP contribution in [-0.2, 0) is 17.9 Å². The molecule has 3 heteroatoms. The van der Waals surface area contributed by atoms with Crippen molar-refractivity contribution in [3.8, 4) is 0 Å². The lowest BCUT2D eigenvalue weighted by molar-refractivity contribution is 0.118. The topological polar surface area (TPSA) is 32.7 Å². The number of methoxy groups -OCH3 is 1. The lowest BCUT2D eigenvalue weighted by Gasteiger charge is -2.28. The molecule has 0 saturated heterocycles. The van der Waals surface area contributed by atoms with Crippen molar-refractivity contribution in [3.63, 3.8) is 0 Å². The summed E-state index contributed by atoms with van der Waals surface area (Å²) < 4.78 is 5.17. The van der Waals surface area contributed by atoms with Gasteiger partial charge >= 0.3 is 0 Å². The van der Waals surface area contributed by atoms with Gasteiger partial charge in [0.15, 0.2) is 0 Å². The van der Waals surface area contributed by atoms with Crippen LogP contribution in [0.15, 0.2) is 24.3 Å². The highest BCUT2D eigenvalue weighted by Gasteiger charge is 2.12. The van der Waals surface area contributed by atoms with Gasteiger partial charge in [0.25, 0.3) is 0 Å². The van der Waals surface area contributed by atoms with E-state index in [0.29, 0.717) is 6.04 Å². The zero-order valence-corrected chi connectivity index (χ0v) is 11.7. The average Bonchev–Trinajstić information content (AvgIpc) is 2.43. The van der Waals surface area contributed by atoms with Gasteiger partial charge in [-0.1, -0.05) is 31.2 Å². The lowest BCUT2D eigenvalue weighted by Crippen LogP contribution is -2.34. The molecule has 0 aliphatic carbocycles. The maximum absolute atomic E-state index is 9.03. The summed E-state index contributed by atoms with van der Waals surface area (Å²) in [5, 5.41) is 9.03. The first kappa shape index (κ1) is 15.2. The van der Waals surface area contributed by atoms with E-state index in [0.717, 1.165) is 31.7 Å². The van der Waals surface area contributed by atoms with Gasteiger partial charge in [0.2, 0.25) is 0 Å². The Morgan fingerprint density at radius 3 is 2.33 bits per heavy atom. The van der Waals surface area contributed by atoms with Crippen molar-refractivity contribution >= 4 is 0 Å². The first-order chi connectivity index (χ1) is 8.71. The minimum Gasteiger partial charge on any atom is -0.392 e. The predicted molar refractivity (Wildman–Crippen MR) is 74.4 cm³/mol. The maximum Gasteiger partial charge on any atom is 0.0681 e. The summed E-state index contributed by atoms with van der Waals surface area (Å²) in [7, 11) is 1.74. The van der Waals surface area contributed by atoms with Crippen molar-refractivity contribution in [3.05, 3.63) is 35.4 Å². The molecule has 1 aromatic carbocycles. The van der Waals surface area contributed by atoms with Crippen LogP contribution in [-0.4, -0.2) is 36.3 Å². The second kappa shape index (κ2) is 8.25. The molecule has 0 aliphatic heterocycles. The molecular weight excluding hydrogens is 226 g/mol. The fourth-order valence-corrected chi connectivity index (χ4v) is 1.91. The van der Waals surface area contributed by atoms with Gasteiger partial charge in [-0.25, -0.2) is 0 Å². The second-order valence-electron chi connectivity index (χ2n) is 4.70. The molecule has 1 unspecified atom stereocenters. The summed E-state index contributed by atoms with van der Waals surface area (Å²) in [5.41, 5.74) is 2.24. The van der Waals surface area contributed by atoms with Crippen LogP contribution in [0, 0.1) is 0 Å². The zero-order chi connectivity index (χ0) is 13.4. The van der Waals surface area contributed by atoms with Gasteiger partial charge in [-0.3, -0.25) is 4.90 Å². The number of aliphatic hydroxyl groups excluding tert-OH is 1. The van der Waals surface area contributed by atoms with Crippen LogP contribution < -0.4 is 0 Å². The van der Waals surface area contributed by atoms with E-state index in [1.807, 2.05) is 12.1 Å². The highest BCUT2D eigenvalue weighted by atomic mass is 16.5. The third kappa shape index (κ3) is 4.77. The number of hydrogen-bond donors (Lipinski definition) is 1. The Balaban J connectivity index is 2.62. The molecule has 18 heavy (non-hydrogen) atoms. The first-order valence-corrected chi connectivity index (χ1v) is 6.62. The highest BCUT2D eigenvalue weighted by Crippen LogP contribution is 2.11. The van der Waals surface area contributed by atoms with E-state index in [1.165, 1.54) is 5.56 Å². The standard InChI is InChI=1S/C15H25NO2/c1-4-13(2)16(9-10-18-3)11-14-5-7-15(12-17)8-6-14/h5-8,13,17H,4,9-12H2,1-3H3. The van der Waals surface area contributed by atoms with Crippen molar-refractivity contribution in [1.82, 2.24) is 4.90 Å². The maximum atomic E-state index is 9.03. The van der Waals surface area contributed by atoms with Crippen LogP contribution in [0.5, 0.6) is 0 Å². The minimum absolute atomic E-state index is 0.110. The molecule has 0 amide bonds. The number of benzene rings is 1. The molecule has 1 rings (SSSR count). The summed E-state index contributed by atoms with van der Waals surface area (Å²) in [6.45, 7) is 7.21. The van der Waals surface area contributed by atoms with Crippen LogP contribution in [0.4, 0.5) is 0 Å². The van der Waals surface area contributed by atoms with E-state index in [-0.39, 0.29) is 6.61 Å². The van der Waals surface area contributed by atoms with Crippen molar-refractivity contribution < 1.29 is 9.84 Å². The van der Waals surface area contributed by atoms with E-state index in [4.69, 9.17) is 9.84 Å². The van der Waals surface area contributed by atoms with Gasteiger partial charge in [-0.15, -0.1) is 0 Å². The molecule has 0 aliphatic rings. The Morgan fingerprint density at radius 2 is 1.83 bits per heavy atom. The molecule has 1 atom stereocenters. The SMILES string of the molecule is CCC(C)N(CCOC)Cc1ccc(CO)cc1. The Kier molecular flexibility index (Phi) is 6.94. The molecule has 3 nitrogen and oxygen atoms in total. The van der Waals surface area contributed by atoms with Crippen LogP contribution >= 0.6 is 0 Å². The Labute approximate surface area is 110 Å². The molecule has 1 N–H and O–H groups in total. The molecule has 0 aromatic heterocycles. The van der Waals surface area contributed by atoms with Crippen LogP contribution in [0.1, 0.15) is 31.4 Å². The lowest BCUT2D eigenvalue weighted by atomic mass is 10.1. The van der Waals surface area contributed by atoms with Gasteiger partial charge in [-0.05, 0) is 24.5 Å². The van der Waals surface area contributed by atoms with E-state index < -0.39 is 0 Å². The third-order valence-electron chi connectivity index (χ3n) is 3.39. The predicted octanol–water partition coefficient (Wildman–Crippen LogP) is 2.43. The summed E-state index contributed by atoms with van der Waals surface area (Å²) in [6, 6.07) is 8.71. The molecule has 0 fully saturated rings. The molecule has 0 spiro atoms. The number of hydrogen-bond acceptors (Lipinski definition) is 3. The molecule has 0 radical (unpaired) electrons. The van der Waals surface area contributed by atoms with Crippen molar-refractivity contribution in [1.29, 1.82) is 0 Å². The summed E-state index contributed by atoms with van der Waals surface area (Å²) in [5.74, 6) is 0. The molecule has 0 saturated carbocycles. The largest absolute Gasteiger partial charge is 0.392 e. The summed E-state index contributed by atoms with van der Waals surface area (Å²) >= 11 is 0. The third-order valence-corrected chi connectivity index (χ3v) is 3.39. The molecular formula is C15H25NO2.